The van der Waals surface area contributed by atoms with Crippen LogP contribution in [0.5, 0.6) is 0 Å². The summed E-state index contributed by atoms with van der Waals surface area (Å²) in [5, 5.41) is 14.3. The fraction of sp³-hybridized carbons (Fsp3) is 0.467. The Balaban J connectivity index is 1.87. The molecular formula is C15H21N3OS. The summed E-state index contributed by atoms with van der Waals surface area (Å²) in [6.45, 7) is 6.19. The molecule has 1 aromatic carbocycles. The molecule has 1 unspecified atom stereocenters. The lowest BCUT2D eigenvalue weighted by Gasteiger charge is -2.13. The lowest BCUT2D eigenvalue weighted by atomic mass is 10.2. The van der Waals surface area contributed by atoms with E-state index in [9.17, 15) is 5.11 Å². The number of hydrogen-bond acceptors (Lipinski definition) is 4. The number of nitrogens with zero attached hydrogens (tertiary/aromatic N) is 3. The van der Waals surface area contributed by atoms with E-state index in [4.69, 9.17) is 0 Å². The molecule has 2 rings (SSSR count). The molecule has 1 heterocycles. The predicted molar refractivity (Wildman–Crippen MR) is 82.0 cm³/mol. The molecule has 1 N–H and O–H groups in total. The summed E-state index contributed by atoms with van der Waals surface area (Å²) in [5.74, 6) is 1.51. The van der Waals surface area contributed by atoms with Crippen LogP contribution in [0.3, 0.4) is 0 Å². The van der Waals surface area contributed by atoms with Gasteiger partial charge in [0, 0.05) is 23.1 Å². The van der Waals surface area contributed by atoms with Crippen molar-refractivity contribution >= 4 is 11.8 Å². The summed E-state index contributed by atoms with van der Waals surface area (Å²) in [5.41, 5.74) is 1.25. The number of aromatic nitrogens is 3. The van der Waals surface area contributed by atoms with Crippen LogP contribution in [-0.2, 0) is 6.42 Å². The molecule has 1 atom stereocenters. The van der Waals surface area contributed by atoms with Crippen LogP contribution in [0.4, 0.5) is 0 Å². The molecule has 0 bridgehead atoms. The van der Waals surface area contributed by atoms with Crippen molar-refractivity contribution < 1.29 is 5.11 Å². The minimum Gasteiger partial charge on any atom is -0.392 e. The standard InChI is InChI=1S/C15H21N3OS/c1-11(2)18-15(16-10-17-18)8-13(19)9-20-14-6-4-12(3)5-7-14/h4-7,10-11,13,19H,8-9H2,1-3H3. The monoisotopic (exact) mass is 291 g/mol. The minimum absolute atomic E-state index is 0.268. The Morgan fingerprint density at radius 2 is 1.95 bits per heavy atom. The second-order valence-electron chi connectivity index (χ2n) is 5.20. The zero-order valence-corrected chi connectivity index (χ0v) is 13.0. The first-order valence-corrected chi connectivity index (χ1v) is 7.80. The number of thioether (sulfide) groups is 1. The maximum Gasteiger partial charge on any atom is 0.138 e. The number of benzene rings is 1. The van der Waals surface area contributed by atoms with E-state index in [1.165, 1.54) is 10.5 Å². The molecule has 0 saturated heterocycles. The van der Waals surface area contributed by atoms with Crippen molar-refractivity contribution in [3.05, 3.63) is 42.0 Å². The fourth-order valence-corrected chi connectivity index (χ4v) is 2.78. The van der Waals surface area contributed by atoms with E-state index in [2.05, 4.69) is 55.1 Å². The molecule has 0 spiro atoms. The van der Waals surface area contributed by atoms with Crippen LogP contribution in [0, 0.1) is 6.92 Å². The van der Waals surface area contributed by atoms with Crippen LogP contribution in [0.25, 0.3) is 0 Å². The normalized spacial score (nSPS) is 12.8. The predicted octanol–water partition coefficient (Wildman–Crippen LogP) is 2.86. The number of rotatable bonds is 6. The Morgan fingerprint density at radius 1 is 1.25 bits per heavy atom. The molecule has 108 valence electrons. The second-order valence-corrected chi connectivity index (χ2v) is 6.29. The molecule has 0 aliphatic carbocycles. The molecule has 20 heavy (non-hydrogen) atoms. The summed E-state index contributed by atoms with van der Waals surface area (Å²) in [7, 11) is 0. The third-order valence-electron chi connectivity index (χ3n) is 3.02. The van der Waals surface area contributed by atoms with Gasteiger partial charge < -0.3 is 5.11 Å². The van der Waals surface area contributed by atoms with Gasteiger partial charge in [0.15, 0.2) is 0 Å². The van der Waals surface area contributed by atoms with E-state index in [-0.39, 0.29) is 6.04 Å². The van der Waals surface area contributed by atoms with Crippen molar-refractivity contribution in [3.63, 3.8) is 0 Å². The van der Waals surface area contributed by atoms with Gasteiger partial charge in [-0.3, -0.25) is 0 Å². The zero-order chi connectivity index (χ0) is 14.5. The van der Waals surface area contributed by atoms with Crippen LogP contribution >= 0.6 is 11.8 Å². The van der Waals surface area contributed by atoms with Gasteiger partial charge in [-0.15, -0.1) is 11.8 Å². The van der Waals surface area contributed by atoms with Crippen LogP contribution in [-0.4, -0.2) is 31.7 Å². The van der Waals surface area contributed by atoms with Crippen molar-refractivity contribution in [1.82, 2.24) is 14.8 Å². The maximum atomic E-state index is 10.1. The largest absolute Gasteiger partial charge is 0.392 e. The van der Waals surface area contributed by atoms with E-state index in [0.29, 0.717) is 12.2 Å². The van der Waals surface area contributed by atoms with Crippen molar-refractivity contribution in [2.75, 3.05) is 5.75 Å². The fourth-order valence-electron chi connectivity index (χ4n) is 1.95. The van der Waals surface area contributed by atoms with Gasteiger partial charge in [0.25, 0.3) is 0 Å². The number of aliphatic hydroxyl groups is 1. The highest BCUT2D eigenvalue weighted by Gasteiger charge is 2.13. The Labute approximate surface area is 124 Å². The lowest BCUT2D eigenvalue weighted by Crippen LogP contribution is -2.18. The third kappa shape index (κ3) is 4.08. The number of aryl methyl sites for hydroxylation is 1. The molecule has 5 heteroatoms. The van der Waals surface area contributed by atoms with E-state index < -0.39 is 6.10 Å². The molecule has 0 fully saturated rings. The van der Waals surface area contributed by atoms with Crippen LogP contribution in [0.1, 0.15) is 31.3 Å². The highest BCUT2D eigenvalue weighted by Crippen LogP contribution is 2.20. The highest BCUT2D eigenvalue weighted by atomic mass is 32.2. The smallest absolute Gasteiger partial charge is 0.138 e. The van der Waals surface area contributed by atoms with E-state index in [1.54, 1.807) is 18.1 Å². The van der Waals surface area contributed by atoms with Crippen LogP contribution < -0.4 is 0 Å². The summed E-state index contributed by atoms with van der Waals surface area (Å²) in [6.07, 6.45) is 1.68. The first-order chi connectivity index (χ1) is 9.56. The highest BCUT2D eigenvalue weighted by molar-refractivity contribution is 7.99. The minimum atomic E-state index is -0.414. The number of hydrogen-bond donors (Lipinski definition) is 1. The van der Waals surface area contributed by atoms with Gasteiger partial charge in [0.1, 0.15) is 12.2 Å². The average molecular weight is 291 g/mol. The van der Waals surface area contributed by atoms with Gasteiger partial charge in [-0.2, -0.15) is 5.10 Å². The molecule has 0 saturated carbocycles. The Hall–Kier alpha value is -1.33. The van der Waals surface area contributed by atoms with Crippen LogP contribution in [0.2, 0.25) is 0 Å². The van der Waals surface area contributed by atoms with Gasteiger partial charge in [-0.05, 0) is 32.9 Å². The Bertz CT molecular complexity index is 536. The Kier molecular flexibility index (Phi) is 5.20. The maximum absolute atomic E-state index is 10.1. The molecule has 4 nitrogen and oxygen atoms in total. The summed E-state index contributed by atoms with van der Waals surface area (Å²) < 4.78 is 1.86. The van der Waals surface area contributed by atoms with Gasteiger partial charge in [-0.25, -0.2) is 9.67 Å². The van der Waals surface area contributed by atoms with Gasteiger partial charge in [0.05, 0.1) is 6.10 Å². The van der Waals surface area contributed by atoms with Gasteiger partial charge >= 0.3 is 0 Å². The van der Waals surface area contributed by atoms with Crippen molar-refractivity contribution in [1.29, 1.82) is 0 Å². The van der Waals surface area contributed by atoms with Crippen molar-refractivity contribution in [2.24, 2.45) is 0 Å². The van der Waals surface area contributed by atoms with Gasteiger partial charge in [-0.1, -0.05) is 17.7 Å². The molecule has 0 radical (unpaired) electrons. The summed E-state index contributed by atoms with van der Waals surface area (Å²) in [6, 6.07) is 8.62. The Morgan fingerprint density at radius 3 is 2.60 bits per heavy atom. The van der Waals surface area contributed by atoms with Crippen molar-refractivity contribution in [3.8, 4) is 0 Å². The topological polar surface area (TPSA) is 50.9 Å². The zero-order valence-electron chi connectivity index (χ0n) is 12.2. The van der Waals surface area contributed by atoms with Gasteiger partial charge in [0.2, 0.25) is 0 Å². The first kappa shape index (κ1) is 15.1. The van der Waals surface area contributed by atoms with E-state index in [1.807, 2.05) is 4.68 Å². The molecule has 1 aromatic heterocycles. The second kappa shape index (κ2) is 6.90. The molecular weight excluding hydrogens is 270 g/mol. The van der Waals surface area contributed by atoms with Crippen LogP contribution in [0.15, 0.2) is 35.5 Å². The first-order valence-electron chi connectivity index (χ1n) is 6.82. The van der Waals surface area contributed by atoms with Crippen molar-refractivity contribution in [2.45, 2.75) is 44.2 Å². The summed E-state index contributed by atoms with van der Waals surface area (Å²) >= 11 is 1.67. The molecule has 2 aromatic rings. The average Bonchev–Trinajstić information content (AvgIpc) is 2.86. The molecule has 0 aliphatic rings. The molecule has 0 amide bonds. The number of aliphatic hydroxyl groups excluding tert-OH is 1. The quantitative estimate of drug-likeness (QED) is 0.832. The molecule has 0 aliphatic heterocycles. The lowest BCUT2D eigenvalue weighted by molar-refractivity contribution is 0.195. The third-order valence-corrected chi connectivity index (χ3v) is 4.17. The SMILES string of the molecule is Cc1ccc(SCC(O)Cc2ncnn2C(C)C)cc1. The summed E-state index contributed by atoms with van der Waals surface area (Å²) in [4.78, 5) is 5.41. The van der Waals surface area contributed by atoms with E-state index in [0.717, 1.165) is 5.82 Å². The van der Waals surface area contributed by atoms with E-state index >= 15 is 0 Å².